The van der Waals surface area contributed by atoms with Gasteiger partial charge in [0.05, 0.1) is 10.0 Å². The first-order valence-corrected chi connectivity index (χ1v) is 14.0. The van der Waals surface area contributed by atoms with Gasteiger partial charge in [-0.1, -0.05) is 0 Å². The summed E-state index contributed by atoms with van der Waals surface area (Å²) in [4.78, 5) is 27.4. The van der Waals surface area contributed by atoms with Crippen LogP contribution in [0.2, 0.25) is 0 Å². The van der Waals surface area contributed by atoms with Gasteiger partial charge in [0.25, 0.3) is 0 Å². The van der Waals surface area contributed by atoms with E-state index in [0.717, 1.165) is 38.8 Å². The molecular weight excluding hydrogens is 583 g/mol. The number of hydrogen-bond acceptors (Lipinski definition) is 8. The minimum Gasteiger partial charge on any atom is -0.461 e. The molecule has 214 valence electrons. The second kappa shape index (κ2) is 10.8. The summed E-state index contributed by atoms with van der Waals surface area (Å²) in [7, 11) is 0. The summed E-state index contributed by atoms with van der Waals surface area (Å²) < 4.78 is 57.5. The molecule has 9 nitrogen and oxygen atoms in total. The Morgan fingerprint density at radius 2 is 1.77 bits per heavy atom. The molecule has 0 atom stereocenters. The van der Waals surface area contributed by atoms with Crippen molar-refractivity contribution in [2.24, 2.45) is 0 Å². The number of nitrogens with zero attached hydrogens (tertiary/aromatic N) is 5. The smallest absolute Gasteiger partial charge is 0.410 e. The maximum absolute atomic E-state index is 15.5. The van der Waals surface area contributed by atoms with Gasteiger partial charge in [-0.15, -0.1) is 0 Å². The molecule has 0 spiro atoms. The van der Waals surface area contributed by atoms with Gasteiger partial charge in [0.15, 0.2) is 5.82 Å². The van der Waals surface area contributed by atoms with Crippen LogP contribution in [-0.2, 0) is 4.74 Å². The Hall–Kier alpha value is -2.54. The van der Waals surface area contributed by atoms with Crippen LogP contribution in [0, 0.1) is 5.82 Å². The molecule has 39 heavy (non-hydrogen) atoms. The predicted molar refractivity (Wildman–Crippen MR) is 142 cm³/mol. The lowest BCUT2D eigenvalue weighted by molar-refractivity contribution is -0.0504. The first-order chi connectivity index (χ1) is 18.5. The van der Waals surface area contributed by atoms with E-state index >= 15 is 4.39 Å². The minimum atomic E-state index is -3.14. The van der Waals surface area contributed by atoms with Crippen LogP contribution in [0.15, 0.2) is 10.5 Å². The number of ether oxygens (including phenoxy) is 3. The van der Waals surface area contributed by atoms with Gasteiger partial charge >= 0.3 is 18.7 Å². The van der Waals surface area contributed by atoms with Crippen molar-refractivity contribution >= 4 is 38.7 Å². The van der Waals surface area contributed by atoms with Crippen molar-refractivity contribution < 1.29 is 32.2 Å². The van der Waals surface area contributed by atoms with Crippen molar-refractivity contribution in [2.75, 3.05) is 50.8 Å². The van der Waals surface area contributed by atoms with E-state index in [4.69, 9.17) is 9.47 Å². The van der Waals surface area contributed by atoms with E-state index in [1.165, 1.54) is 6.07 Å². The first kappa shape index (κ1) is 28.0. The second-order valence-corrected chi connectivity index (χ2v) is 12.1. The van der Waals surface area contributed by atoms with Gasteiger partial charge < -0.3 is 24.0 Å². The number of hydrogen-bond donors (Lipinski definition) is 0. The van der Waals surface area contributed by atoms with Crippen LogP contribution < -0.4 is 14.4 Å². The van der Waals surface area contributed by atoms with E-state index in [0.29, 0.717) is 38.6 Å². The van der Waals surface area contributed by atoms with Gasteiger partial charge in [-0.2, -0.15) is 18.7 Å². The van der Waals surface area contributed by atoms with Gasteiger partial charge in [0.1, 0.15) is 29.3 Å². The highest BCUT2D eigenvalue weighted by atomic mass is 79.9. The number of rotatable bonds is 6. The van der Waals surface area contributed by atoms with E-state index in [-0.39, 0.29) is 32.7 Å². The molecule has 0 aliphatic carbocycles. The maximum atomic E-state index is 15.5. The molecular formula is C26H33BrF3N5O4. The van der Waals surface area contributed by atoms with Crippen LogP contribution in [0.5, 0.6) is 11.8 Å². The molecule has 3 aliphatic rings. The molecule has 3 saturated heterocycles. The first-order valence-electron chi connectivity index (χ1n) is 13.2. The molecule has 1 aromatic heterocycles. The largest absolute Gasteiger partial charge is 0.461 e. The Balaban J connectivity index is 1.46. The zero-order valence-corrected chi connectivity index (χ0v) is 23.9. The number of halogens is 4. The standard InChI is InChI=1S/C26H33BrF3N5O4/c1-25(2,3)39-24(36)34-12-10-33(11-13-34)21-16-14-17(38-22(29)30)18(27)19(28)20(16)31-23(32-21)37-15-26-6-4-8-35(26)9-5-7-26/h14,22H,4-13,15H2,1-3H3. The summed E-state index contributed by atoms with van der Waals surface area (Å²) in [6.45, 7) is 6.14. The SMILES string of the molecule is CC(C)(C)OC(=O)N1CCN(c2nc(OCC34CCCN3CCC4)nc3c(F)c(Br)c(OC(F)F)cc23)CC1. The number of anilines is 1. The van der Waals surface area contributed by atoms with Gasteiger partial charge in [-0.25, -0.2) is 9.18 Å². The van der Waals surface area contributed by atoms with Crippen LogP contribution >= 0.6 is 15.9 Å². The van der Waals surface area contributed by atoms with E-state index in [2.05, 4.69) is 35.5 Å². The lowest BCUT2D eigenvalue weighted by atomic mass is 9.95. The Kier molecular flexibility index (Phi) is 7.75. The van der Waals surface area contributed by atoms with Crippen molar-refractivity contribution in [3.8, 4) is 11.8 Å². The monoisotopic (exact) mass is 615 g/mol. The summed E-state index contributed by atoms with van der Waals surface area (Å²) in [5.74, 6) is -0.866. The van der Waals surface area contributed by atoms with Crippen molar-refractivity contribution in [1.82, 2.24) is 19.8 Å². The summed E-state index contributed by atoms with van der Waals surface area (Å²) in [6, 6.07) is 1.33. The number of aromatic nitrogens is 2. The minimum absolute atomic E-state index is 0.0218. The summed E-state index contributed by atoms with van der Waals surface area (Å²) in [5, 5.41) is 0.214. The number of alkyl halides is 2. The van der Waals surface area contributed by atoms with Gasteiger partial charge in [-0.05, 0) is 81.5 Å². The van der Waals surface area contributed by atoms with Crippen molar-refractivity contribution in [3.63, 3.8) is 0 Å². The third kappa shape index (κ3) is 5.84. The molecule has 3 aliphatic heterocycles. The number of carbonyl (C=O) groups excluding carboxylic acids is 1. The van der Waals surface area contributed by atoms with Gasteiger partial charge in [0, 0.05) is 31.6 Å². The van der Waals surface area contributed by atoms with Crippen LogP contribution in [0.4, 0.5) is 23.8 Å². The molecule has 0 N–H and O–H groups in total. The van der Waals surface area contributed by atoms with E-state index in [1.807, 2.05) is 4.90 Å². The average molecular weight is 616 g/mol. The molecule has 4 heterocycles. The highest BCUT2D eigenvalue weighted by Gasteiger charge is 2.45. The molecule has 1 amide bonds. The molecule has 0 bridgehead atoms. The van der Waals surface area contributed by atoms with Crippen LogP contribution in [0.1, 0.15) is 46.5 Å². The fraction of sp³-hybridized carbons (Fsp3) is 0.654. The van der Waals surface area contributed by atoms with E-state index < -0.39 is 24.1 Å². The molecule has 3 fully saturated rings. The highest BCUT2D eigenvalue weighted by molar-refractivity contribution is 9.10. The number of fused-ring (bicyclic) bond motifs is 2. The molecule has 2 aromatic rings. The van der Waals surface area contributed by atoms with Gasteiger partial charge in [-0.3, -0.25) is 4.90 Å². The molecule has 0 radical (unpaired) electrons. The average Bonchev–Trinajstić information content (AvgIpc) is 3.45. The zero-order chi connectivity index (χ0) is 27.9. The maximum Gasteiger partial charge on any atom is 0.410 e. The third-order valence-electron chi connectivity index (χ3n) is 7.53. The van der Waals surface area contributed by atoms with Crippen molar-refractivity contribution in [2.45, 2.75) is 64.2 Å². The normalized spacial score (nSPS) is 19.6. The summed E-state index contributed by atoms with van der Waals surface area (Å²) in [5.41, 5.74) is -0.750. The predicted octanol–water partition coefficient (Wildman–Crippen LogP) is 5.20. The Labute approximate surface area is 233 Å². The molecule has 0 unspecified atom stereocenters. The highest BCUT2D eigenvalue weighted by Crippen LogP contribution is 2.41. The summed E-state index contributed by atoms with van der Waals surface area (Å²) >= 11 is 3.04. The fourth-order valence-electron chi connectivity index (χ4n) is 5.72. The second-order valence-electron chi connectivity index (χ2n) is 11.3. The molecule has 0 saturated carbocycles. The van der Waals surface area contributed by atoms with Crippen molar-refractivity contribution in [3.05, 3.63) is 16.4 Å². The van der Waals surface area contributed by atoms with E-state index in [9.17, 15) is 13.6 Å². The van der Waals surface area contributed by atoms with Crippen LogP contribution in [0.25, 0.3) is 10.9 Å². The summed E-state index contributed by atoms with van der Waals surface area (Å²) in [6.07, 6.45) is 3.83. The Bertz CT molecular complexity index is 1230. The topological polar surface area (TPSA) is 80.3 Å². The van der Waals surface area contributed by atoms with Crippen LogP contribution in [-0.4, -0.2) is 89.5 Å². The molecule has 5 rings (SSSR count). The number of benzene rings is 1. The molecule has 13 heteroatoms. The Morgan fingerprint density at radius 3 is 2.38 bits per heavy atom. The quantitative estimate of drug-likeness (QED) is 0.439. The zero-order valence-electron chi connectivity index (χ0n) is 22.3. The third-order valence-corrected chi connectivity index (χ3v) is 8.26. The fourth-order valence-corrected chi connectivity index (χ4v) is 6.11. The lowest BCUT2D eigenvalue weighted by Crippen LogP contribution is -2.50. The van der Waals surface area contributed by atoms with Crippen LogP contribution in [0.3, 0.4) is 0 Å². The lowest BCUT2D eigenvalue weighted by Gasteiger charge is -2.36. The van der Waals surface area contributed by atoms with E-state index in [1.54, 1.807) is 25.7 Å². The molecule has 1 aromatic carbocycles. The number of amides is 1. The Morgan fingerprint density at radius 1 is 1.10 bits per heavy atom. The van der Waals surface area contributed by atoms with Crippen molar-refractivity contribution in [1.29, 1.82) is 0 Å². The number of carbonyl (C=O) groups is 1. The van der Waals surface area contributed by atoms with Gasteiger partial charge in [0.2, 0.25) is 0 Å². The number of piperazine rings is 1.